The molecule has 0 aromatic heterocycles. The molecule has 2 N–H and O–H groups in total. The molecule has 0 aliphatic rings. The highest BCUT2D eigenvalue weighted by Gasteiger charge is 2.04. The summed E-state index contributed by atoms with van der Waals surface area (Å²) in [7, 11) is 3.32. The molecule has 0 unspecified atom stereocenters. The number of carbonyl (C=O) groups excluding carboxylic acids is 1. The van der Waals surface area contributed by atoms with Gasteiger partial charge in [0.1, 0.15) is 0 Å². The van der Waals surface area contributed by atoms with Crippen LogP contribution in [0, 0.1) is 5.92 Å². The zero-order chi connectivity index (χ0) is 12.4. The molecule has 0 atom stereocenters. The van der Waals surface area contributed by atoms with E-state index in [0.29, 0.717) is 13.0 Å². The number of hydrogen-bond donors (Lipinski definition) is 2. The highest BCUT2D eigenvalue weighted by molar-refractivity contribution is 8.76. The van der Waals surface area contributed by atoms with E-state index >= 15 is 0 Å². The topological polar surface area (TPSA) is 66.4 Å². The lowest BCUT2D eigenvalue weighted by atomic mass is 10.2. The van der Waals surface area contributed by atoms with E-state index in [1.165, 1.54) is 0 Å². The Balaban J connectivity index is 3.16. The quantitative estimate of drug-likeness (QED) is 0.493. The van der Waals surface area contributed by atoms with Crippen molar-refractivity contribution in [1.82, 2.24) is 5.32 Å². The molecule has 0 aliphatic carbocycles. The minimum Gasteiger partial charge on any atom is -0.481 e. The standard InChI is InChI=1S/C10H19NO3S2/c1-8(2)10(14)11-5-7-16-15-6-3-4-9(12)13/h8H,3-7H2,1-2H3,(H,11,14)(H,12,13). The molecule has 0 saturated carbocycles. The third-order valence-corrected chi connectivity index (χ3v) is 4.20. The number of amides is 1. The van der Waals surface area contributed by atoms with Crippen molar-refractivity contribution in [1.29, 1.82) is 0 Å². The molecule has 0 aliphatic heterocycles. The number of aliphatic carboxylic acids is 1. The van der Waals surface area contributed by atoms with E-state index in [4.69, 9.17) is 5.11 Å². The number of carbonyl (C=O) groups is 2. The zero-order valence-corrected chi connectivity index (χ0v) is 11.3. The summed E-state index contributed by atoms with van der Waals surface area (Å²) in [5, 5.41) is 11.2. The average Bonchev–Trinajstić information content (AvgIpc) is 2.21. The fourth-order valence-electron chi connectivity index (χ4n) is 0.820. The maximum Gasteiger partial charge on any atom is 0.303 e. The van der Waals surface area contributed by atoms with Gasteiger partial charge in [-0.15, -0.1) is 0 Å². The third-order valence-electron chi connectivity index (χ3n) is 1.71. The molecule has 6 heteroatoms. The van der Waals surface area contributed by atoms with Crippen LogP contribution in [-0.2, 0) is 9.59 Å². The van der Waals surface area contributed by atoms with E-state index < -0.39 is 5.97 Å². The lowest BCUT2D eigenvalue weighted by molar-refractivity contribution is -0.137. The lowest BCUT2D eigenvalue weighted by Gasteiger charge is -2.06. The van der Waals surface area contributed by atoms with Gasteiger partial charge in [-0.25, -0.2) is 0 Å². The molecule has 0 rings (SSSR count). The molecule has 94 valence electrons. The van der Waals surface area contributed by atoms with Crippen molar-refractivity contribution in [3.05, 3.63) is 0 Å². The Hall–Kier alpha value is -0.360. The summed E-state index contributed by atoms with van der Waals surface area (Å²) in [5.41, 5.74) is 0. The molecule has 0 radical (unpaired) electrons. The highest BCUT2D eigenvalue weighted by Crippen LogP contribution is 2.21. The summed E-state index contributed by atoms with van der Waals surface area (Å²) in [4.78, 5) is 21.4. The summed E-state index contributed by atoms with van der Waals surface area (Å²) in [5.74, 6) is 1.07. The maximum atomic E-state index is 11.2. The number of hydrogen-bond acceptors (Lipinski definition) is 4. The molecule has 0 bridgehead atoms. The van der Waals surface area contributed by atoms with E-state index in [-0.39, 0.29) is 18.2 Å². The zero-order valence-electron chi connectivity index (χ0n) is 9.69. The van der Waals surface area contributed by atoms with Crippen LogP contribution in [0.1, 0.15) is 26.7 Å². The lowest BCUT2D eigenvalue weighted by Crippen LogP contribution is -2.29. The summed E-state index contributed by atoms with van der Waals surface area (Å²) in [6.45, 7) is 4.40. The monoisotopic (exact) mass is 265 g/mol. The van der Waals surface area contributed by atoms with Gasteiger partial charge in [0.25, 0.3) is 0 Å². The van der Waals surface area contributed by atoms with E-state index in [9.17, 15) is 9.59 Å². The molecule has 4 nitrogen and oxygen atoms in total. The van der Waals surface area contributed by atoms with Crippen LogP contribution in [0.25, 0.3) is 0 Å². The van der Waals surface area contributed by atoms with Gasteiger partial charge in [-0.3, -0.25) is 9.59 Å². The van der Waals surface area contributed by atoms with Gasteiger partial charge in [-0.1, -0.05) is 35.4 Å². The average molecular weight is 265 g/mol. The third kappa shape index (κ3) is 10.2. The van der Waals surface area contributed by atoms with Crippen LogP contribution in [0.15, 0.2) is 0 Å². The van der Waals surface area contributed by atoms with E-state index in [1.807, 2.05) is 13.8 Å². The molecule has 0 spiro atoms. The van der Waals surface area contributed by atoms with Gasteiger partial charge in [0.15, 0.2) is 0 Å². The van der Waals surface area contributed by atoms with Crippen LogP contribution in [0.3, 0.4) is 0 Å². The van der Waals surface area contributed by atoms with E-state index in [1.54, 1.807) is 21.6 Å². The largest absolute Gasteiger partial charge is 0.481 e. The molecule has 0 aromatic rings. The number of nitrogens with one attached hydrogen (secondary N) is 1. The van der Waals surface area contributed by atoms with Gasteiger partial charge in [-0.05, 0) is 6.42 Å². The number of rotatable bonds is 9. The molecule has 0 heterocycles. The predicted molar refractivity (Wildman–Crippen MR) is 69.6 cm³/mol. The van der Waals surface area contributed by atoms with Gasteiger partial charge >= 0.3 is 5.97 Å². The Bertz CT molecular complexity index is 222. The minimum absolute atomic E-state index is 0.0354. The van der Waals surface area contributed by atoms with E-state index in [2.05, 4.69) is 5.32 Å². The maximum absolute atomic E-state index is 11.2. The van der Waals surface area contributed by atoms with Crippen molar-refractivity contribution in [2.45, 2.75) is 26.7 Å². The summed E-state index contributed by atoms with van der Waals surface area (Å²) >= 11 is 0. The molecular formula is C10H19NO3S2. The Morgan fingerprint density at radius 2 is 1.88 bits per heavy atom. The van der Waals surface area contributed by atoms with Crippen molar-refractivity contribution in [3.63, 3.8) is 0 Å². The second-order valence-corrected chi connectivity index (χ2v) is 6.29. The first-order valence-electron chi connectivity index (χ1n) is 5.28. The van der Waals surface area contributed by atoms with Crippen molar-refractivity contribution in [2.75, 3.05) is 18.1 Å². The predicted octanol–water partition coefficient (Wildman–Crippen LogP) is 2.00. The summed E-state index contributed by atoms with van der Waals surface area (Å²) in [6.07, 6.45) is 0.934. The van der Waals surface area contributed by atoms with Crippen molar-refractivity contribution >= 4 is 33.5 Å². The normalized spacial score (nSPS) is 10.4. The highest BCUT2D eigenvalue weighted by atomic mass is 33.1. The van der Waals surface area contributed by atoms with Gasteiger partial charge in [0.05, 0.1) is 0 Å². The van der Waals surface area contributed by atoms with Crippen molar-refractivity contribution < 1.29 is 14.7 Å². The first kappa shape index (κ1) is 15.6. The van der Waals surface area contributed by atoms with Gasteiger partial charge < -0.3 is 10.4 Å². The van der Waals surface area contributed by atoms with Crippen molar-refractivity contribution in [3.8, 4) is 0 Å². The van der Waals surface area contributed by atoms with Gasteiger partial charge in [-0.2, -0.15) is 0 Å². The number of carboxylic acids is 1. The Labute approximate surface area is 104 Å². The molecule has 0 aromatic carbocycles. The minimum atomic E-state index is -0.741. The van der Waals surface area contributed by atoms with Gasteiger partial charge in [0, 0.05) is 30.4 Å². The molecule has 1 amide bonds. The Morgan fingerprint density at radius 3 is 2.44 bits per heavy atom. The van der Waals surface area contributed by atoms with Crippen LogP contribution >= 0.6 is 21.6 Å². The van der Waals surface area contributed by atoms with Crippen LogP contribution in [0.5, 0.6) is 0 Å². The fourth-order valence-corrected chi connectivity index (χ4v) is 2.81. The summed E-state index contributed by atoms with van der Waals surface area (Å²) < 4.78 is 0. The Kier molecular flexibility index (Phi) is 9.62. The molecule has 16 heavy (non-hydrogen) atoms. The Morgan fingerprint density at radius 1 is 1.25 bits per heavy atom. The molecule has 0 fully saturated rings. The van der Waals surface area contributed by atoms with Crippen LogP contribution in [0.2, 0.25) is 0 Å². The van der Waals surface area contributed by atoms with Crippen LogP contribution in [-0.4, -0.2) is 35.0 Å². The summed E-state index contributed by atoms with van der Waals surface area (Å²) in [6, 6.07) is 0. The second-order valence-electron chi connectivity index (χ2n) is 3.59. The fraction of sp³-hybridized carbons (Fsp3) is 0.800. The van der Waals surface area contributed by atoms with E-state index in [0.717, 1.165) is 11.5 Å². The SMILES string of the molecule is CC(C)C(=O)NCCSSCCCC(=O)O. The molecule has 0 saturated heterocycles. The molecular weight excluding hydrogens is 246 g/mol. The number of carboxylic acid groups (broad SMARTS) is 1. The second kappa shape index (κ2) is 9.84. The van der Waals surface area contributed by atoms with Gasteiger partial charge in [0.2, 0.25) is 5.91 Å². The van der Waals surface area contributed by atoms with Crippen LogP contribution in [0.4, 0.5) is 0 Å². The van der Waals surface area contributed by atoms with Crippen LogP contribution < -0.4 is 5.32 Å². The first-order chi connectivity index (χ1) is 7.54. The smallest absolute Gasteiger partial charge is 0.303 e. The first-order valence-corrected chi connectivity index (χ1v) is 7.76. The van der Waals surface area contributed by atoms with Crippen molar-refractivity contribution in [2.24, 2.45) is 5.92 Å².